The van der Waals surface area contributed by atoms with Gasteiger partial charge >= 0.3 is 0 Å². The highest BCUT2D eigenvalue weighted by Gasteiger charge is 2.23. The highest BCUT2D eigenvalue weighted by atomic mass is 32.2. The first-order chi connectivity index (χ1) is 17.9. The number of fused-ring (bicyclic) bond motifs is 1. The van der Waals surface area contributed by atoms with E-state index >= 15 is 0 Å². The molecule has 0 unspecified atom stereocenters. The van der Waals surface area contributed by atoms with E-state index in [0.29, 0.717) is 41.7 Å². The van der Waals surface area contributed by atoms with Crippen LogP contribution < -0.4 is 24.4 Å². The normalized spacial score (nSPS) is 12.9. The zero-order valence-electron chi connectivity index (χ0n) is 21.8. The van der Waals surface area contributed by atoms with Crippen molar-refractivity contribution in [2.45, 2.75) is 26.2 Å². The van der Waals surface area contributed by atoms with E-state index in [-0.39, 0.29) is 17.0 Å². The topological polar surface area (TPSA) is 114 Å². The summed E-state index contributed by atoms with van der Waals surface area (Å²) < 4.78 is 37.0. The molecule has 0 bridgehead atoms. The molecular weight excluding hydrogens is 506 g/mol. The molecule has 0 radical (unpaired) electrons. The number of nitrogens with one attached hydrogen (secondary N) is 2. The second kappa shape index (κ2) is 10.7. The maximum absolute atomic E-state index is 12.8. The number of benzene rings is 3. The largest absolute Gasteiger partial charge is 0.486 e. The number of rotatable bonds is 7. The zero-order chi connectivity index (χ0) is 27.5. The second-order valence-corrected chi connectivity index (χ2v) is 11.9. The third-order valence-corrected chi connectivity index (χ3v) is 7.06. The fourth-order valence-corrected chi connectivity index (χ4v) is 4.77. The summed E-state index contributed by atoms with van der Waals surface area (Å²) in [5.41, 5.74) is 2.79. The van der Waals surface area contributed by atoms with Crippen LogP contribution in [0, 0.1) is 0 Å². The van der Waals surface area contributed by atoms with Crippen LogP contribution in [0.1, 0.15) is 36.7 Å². The molecule has 0 fully saturated rings. The van der Waals surface area contributed by atoms with Gasteiger partial charge in [-0.1, -0.05) is 39.0 Å². The lowest BCUT2D eigenvalue weighted by Crippen LogP contribution is -2.37. The van der Waals surface area contributed by atoms with Gasteiger partial charge in [-0.15, -0.1) is 0 Å². The lowest BCUT2D eigenvalue weighted by molar-refractivity contribution is -0.114. The fraction of sp³-hybridized carbons (Fsp3) is 0.286. The summed E-state index contributed by atoms with van der Waals surface area (Å²) in [7, 11) is -3.78. The van der Waals surface area contributed by atoms with Crippen molar-refractivity contribution in [3.8, 4) is 11.5 Å². The Balaban J connectivity index is 1.44. The van der Waals surface area contributed by atoms with Gasteiger partial charge in [0.1, 0.15) is 19.8 Å². The molecule has 1 aliphatic heterocycles. The van der Waals surface area contributed by atoms with Crippen molar-refractivity contribution < 1.29 is 27.5 Å². The molecule has 1 heterocycles. The lowest BCUT2D eigenvalue weighted by atomic mass is 9.87. The number of sulfonamides is 1. The summed E-state index contributed by atoms with van der Waals surface area (Å²) in [6.07, 6.45) is 1.03. The number of anilines is 3. The molecule has 4 rings (SSSR count). The molecule has 0 saturated carbocycles. The molecule has 0 atom stereocenters. The number of carbonyl (C=O) groups excluding carboxylic acids is 2. The Hall–Kier alpha value is -4.05. The van der Waals surface area contributed by atoms with Crippen molar-refractivity contribution in [1.29, 1.82) is 0 Å². The summed E-state index contributed by atoms with van der Waals surface area (Å²) in [5, 5.41) is 5.53. The van der Waals surface area contributed by atoms with Gasteiger partial charge in [0.2, 0.25) is 15.9 Å². The molecule has 3 aromatic carbocycles. The summed E-state index contributed by atoms with van der Waals surface area (Å²) >= 11 is 0. The maximum atomic E-state index is 12.8. The molecule has 10 heteroatoms. The number of nitrogens with zero attached hydrogens (tertiary/aromatic N) is 1. The predicted molar refractivity (Wildman–Crippen MR) is 148 cm³/mol. The highest BCUT2D eigenvalue weighted by Crippen LogP contribution is 2.34. The van der Waals surface area contributed by atoms with Gasteiger partial charge in [0, 0.05) is 23.0 Å². The standard InChI is InChI=1S/C28H31N3O6S/c1-28(2,3)20-10-8-19(9-11-20)27(33)30-22-7-5-6-21(16-22)29-26(32)18-31(38(4,34)35)23-12-13-24-25(17-23)37-15-14-36-24/h5-13,16-17H,14-15,18H2,1-4H3,(H,29,32)(H,30,33). The minimum absolute atomic E-state index is 0.0175. The third-order valence-electron chi connectivity index (χ3n) is 5.92. The van der Waals surface area contributed by atoms with Crippen LogP contribution in [0.3, 0.4) is 0 Å². The lowest BCUT2D eigenvalue weighted by Gasteiger charge is -2.24. The molecule has 38 heavy (non-hydrogen) atoms. The average molecular weight is 538 g/mol. The van der Waals surface area contributed by atoms with E-state index in [1.54, 1.807) is 48.5 Å². The molecule has 0 saturated heterocycles. The smallest absolute Gasteiger partial charge is 0.255 e. The molecule has 2 N–H and O–H groups in total. The van der Waals surface area contributed by atoms with Crippen LogP contribution in [0.4, 0.5) is 17.1 Å². The first-order valence-corrected chi connectivity index (χ1v) is 13.9. The van der Waals surface area contributed by atoms with Crippen molar-refractivity contribution in [3.05, 3.63) is 77.9 Å². The number of carbonyl (C=O) groups is 2. The Bertz CT molecular complexity index is 1450. The van der Waals surface area contributed by atoms with Crippen LogP contribution in [0.2, 0.25) is 0 Å². The van der Waals surface area contributed by atoms with Gasteiger partial charge in [0.05, 0.1) is 11.9 Å². The zero-order valence-corrected chi connectivity index (χ0v) is 22.6. The monoisotopic (exact) mass is 537 g/mol. The Labute approximate surface area is 222 Å². The van der Waals surface area contributed by atoms with Gasteiger partial charge < -0.3 is 20.1 Å². The van der Waals surface area contributed by atoms with Crippen LogP contribution in [0.15, 0.2) is 66.7 Å². The molecule has 0 aromatic heterocycles. The molecule has 3 aromatic rings. The van der Waals surface area contributed by atoms with E-state index in [4.69, 9.17) is 9.47 Å². The molecule has 0 spiro atoms. The number of ether oxygens (including phenoxy) is 2. The summed E-state index contributed by atoms with van der Waals surface area (Å²) in [6.45, 7) is 6.63. The Kier molecular flexibility index (Phi) is 7.63. The molecule has 2 amide bonds. The van der Waals surface area contributed by atoms with Gasteiger partial charge in [-0.05, 0) is 53.4 Å². The van der Waals surface area contributed by atoms with Gasteiger partial charge in [-0.25, -0.2) is 8.42 Å². The molecule has 200 valence electrons. The van der Waals surface area contributed by atoms with Gasteiger partial charge in [-0.3, -0.25) is 13.9 Å². The van der Waals surface area contributed by atoms with Crippen LogP contribution in [0.25, 0.3) is 0 Å². The van der Waals surface area contributed by atoms with Crippen LogP contribution in [0.5, 0.6) is 11.5 Å². The van der Waals surface area contributed by atoms with E-state index in [1.165, 1.54) is 6.07 Å². The first kappa shape index (κ1) is 27.0. The second-order valence-electron chi connectivity index (χ2n) is 10.0. The summed E-state index contributed by atoms with van der Waals surface area (Å²) in [6, 6.07) is 18.8. The SMILES string of the molecule is CC(C)(C)c1ccc(C(=O)Nc2cccc(NC(=O)CN(c3ccc4c(c3)OCCO4)S(C)(=O)=O)c2)cc1. The van der Waals surface area contributed by atoms with Crippen molar-refractivity contribution >= 4 is 38.9 Å². The molecule has 0 aliphatic carbocycles. The van der Waals surface area contributed by atoms with Crippen molar-refractivity contribution in [1.82, 2.24) is 0 Å². The fourth-order valence-electron chi connectivity index (χ4n) is 3.92. The summed E-state index contributed by atoms with van der Waals surface area (Å²) in [5.74, 6) is 0.101. The van der Waals surface area contributed by atoms with Crippen molar-refractivity contribution in [2.75, 3.05) is 41.0 Å². The average Bonchev–Trinajstić information content (AvgIpc) is 2.86. The van der Waals surface area contributed by atoms with Crippen LogP contribution in [-0.2, 0) is 20.2 Å². The first-order valence-electron chi connectivity index (χ1n) is 12.1. The van der Waals surface area contributed by atoms with E-state index in [9.17, 15) is 18.0 Å². The van der Waals surface area contributed by atoms with E-state index < -0.39 is 22.5 Å². The van der Waals surface area contributed by atoms with E-state index in [0.717, 1.165) is 16.1 Å². The van der Waals surface area contributed by atoms with Gasteiger partial charge in [0.15, 0.2) is 11.5 Å². The van der Waals surface area contributed by atoms with Gasteiger partial charge in [-0.2, -0.15) is 0 Å². The van der Waals surface area contributed by atoms with Crippen molar-refractivity contribution in [3.63, 3.8) is 0 Å². The minimum atomic E-state index is -3.78. The molecule has 9 nitrogen and oxygen atoms in total. The molecule has 1 aliphatic rings. The van der Waals surface area contributed by atoms with Crippen LogP contribution in [-0.4, -0.2) is 46.2 Å². The highest BCUT2D eigenvalue weighted by molar-refractivity contribution is 7.92. The number of amides is 2. The Morgan fingerprint density at radius 2 is 1.50 bits per heavy atom. The Morgan fingerprint density at radius 1 is 0.868 bits per heavy atom. The summed E-state index contributed by atoms with van der Waals surface area (Å²) in [4.78, 5) is 25.6. The third kappa shape index (κ3) is 6.63. The number of hydrogen-bond donors (Lipinski definition) is 2. The number of hydrogen-bond acceptors (Lipinski definition) is 6. The Morgan fingerprint density at radius 3 is 2.13 bits per heavy atom. The quantitative estimate of drug-likeness (QED) is 0.462. The van der Waals surface area contributed by atoms with Crippen molar-refractivity contribution in [2.24, 2.45) is 0 Å². The van der Waals surface area contributed by atoms with Crippen LogP contribution >= 0.6 is 0 Å². The van der Waals surface area contributed by atoms with E-state index in [1.807, 2.05) is 12.1 Å². The van der Waals surface area contributed by atoms with Gasteiger partial charge in [0.25, 0.3) is 5.91 Å². The maximum Gasteiger partial charge on any atom is 0.255 e. The van der Waals surface area contributed by atoms with E-state index in [2.05, 4.69) is 31.4 Å². The predicted octanol–water partition coefficient (Wildman–Crippen LogP) is 4.41. The molecular formula is C28H31N3O6S. The minimum Gasteiger partial charge on any atom is -0.486 e.